The van der Waals surface area contributed by atoms with Crippen LogP contribution in [0.15, 0.2) is 12.4 Å². The molecule has 1 amide bonds. The fourth-order valence-corrected chi connectivity index (χ4v) is 1.84. The van der Waals surface area contributed by atoms with E-state index in [0.29, 0.717) is 0 Å². The Balaban J connectivity index is 0.000000650. The van der Waals surface area contributed by atoms with Crippen LogP contribution in [0.2, 0.25) is 5.15 Å². The number of rotatable bonds is 4. The van der Waals surface area contributed by atoms with Gasteiger partial charge in [-0.2, -0.15) is 5.10 Å². The zero-order valence-corrected chi connectivity index (χ0v) is 14.9. The van der Waals surface area contributed by atoms with E-state index >= 15 is 0 Å². The van der Waals surface area contributed by atoms with E-state index < -0.39 is 5.91 Å². The number of hydrogen-bond acceptors (Lipinski definition) is 5. The maximum absolute atomic E-state index is 11.0. The smallest absolute Gasteiger partial charge is 0.271 e. The van der Waals surface area contributed by atoms with E-state index in [1.54, 1.807) is 12.4 Å². The first-order valence-electron chi connectivity index (χ1n) is 7.38. The summed E-state index contributed by atoms with van der Waals surface area (Å²) in [5.74, 6) is -0.604. The van der Waals surface area contributed by atoms with Gasteiger partial charge in [-0.3, -0.25) is 4.79 Å². The molecule has 0 spiro atoms. The van der Waals surface area contributed by atoms with Crippen LogP contribution in [0.4, 0.5) is 5.82 Å². The molecule has 7 nitrogen and oxygen atoms in total. The molecule has 2 heterocycles. The van der Waals surface area contributed by atoms with E-state index in [2.05, 4.69) is 41.8 Å². The zero-order chi connectivity index (χ0) is 18.7. The van der Waals surface area contributed by atoms with Crippen molar-refractivity contribution in [2.75, 3.05) is 5.73 Å². The molecule has 2 aromatic rings. The highest BCUT2D eigenvalue weighted by Gasteiger charge is 2.15. The number of amides is 1. The van der Waals surface area contributed by atoms with Gasteiger partial charge < -0.3 is 11.5 Å². The van der Waals surface area contributed by atoms with Gasteiger partial charge in [0.2, 0.25) is 0 Å². The lowest BCUT2D eigenvalue weighted by molar-refractivity contribution is 0.0996. The molecule has 2 rings (SSSR count). The Bertz CT molecular complexity index is 678. The molecule has 2 aromatic heterocycles. The van der Waals surface area contributed by atoms with Gasteiger partial charge in [0.25, 0.3) is 5.91 Å². The third-order valence-electron chi connectivity index (χ3n) is 2.73. The Morgan fingerprint density at radius 2 is 1.88 bits per heavy atom. The minimum absolute atomic E-state index is 0.0103. The highest BCUT2D eigenvalue weighted by Crippen LogP contribution is 2.19. The predicted octanol–water partition coefficient (Wildman–Crippen LogP) is 2.75. The maximum Gasteiger partial charge on any atom is 0.271 e. The van der Waals surface area contributed by atoms with Gasteiger partial charge in [0.05, 0.1) is 6.20 Å². The summed E-state index contributed by atoms with van der Waals surface area (Å²) in [6, 6.07) is 0. The third-order valence-corrected chi connectivity index (χ3v) is 2.99. The topological polar surface area (TPSA) is 113 Å². The van der Waals surface area contributed by atoms with Crippen LogP contribution in [-0.4, -0.2) is 25.7 Å². The number of primary amides is 1. The molecule has 0 saturated carbocycles. The Morgan fingerprint density at radius 3 is 2.25 bits per heavy atom. The van der Waals surface area contributed by atoms with Crippen molar-refractivity contribution in [2.24, 2.45) is 5.73 Å². The monoisotopic (exact) mass is 350 g/mol. The van der Waals surface area contributed by atoms with Gasteiger partial charge in [-0.25, -0.2) is 14.6 Å². The molecule has 0 atom stereocenters. The minimum atomic E-state index is -0.778. The Morgan fingerprint density at radius 1 is 1.29 bits per heavy atom. The zero-order valence-electron chi connectivity index (χ0n) is 14.2. The van der Waals surface area contributed by atoms with Crippen molar-refractivity contribution in [1.82, 2.24) is 19.7 Å². The molecule has 0 aliphatic rings. The van der Waals surface area contributed by atoms with Gasteiger partial charge in [0.15, 0.2) is 22.5 Å². The van der Waals surface area contributed by atoms with Crippen LogP contribution in [0.5, 0.6) is 0 Å². The number of nitrogens with zero attached hydrogens (tertiary/aromatic N) is 4. The summed E-state index contributed by atoms with van der Waals surface area (Å²) in [5.41, 5.74) is 11.4. The number of halogens is 1. The molecule has 24 heavy (non-hydrogen) atoms. The number of unbranched alkanes of at least 4 members (excludes halogenated alkanes) is 2. The largest absolute Gasteiger partial charge is 0.382 e. The second-order valence-corrected chi connectivity index (χ2v) is 5.11. The molecule has 0 aromatic carbocycles. The Kier molecular flexibility index (Phi) is 9.83. The normalized spacial score (nSPS) is 9.25. The van der Waals surface area contributed by atoms with Gasteiger partial charge in [-0.1, -0.05) is 44.7 Å². The summed E-state index contributed by atoms with van der Waals surface area (Å²) < 4.78 is 1.42. The average Bonchev–Trinajstić information content (AvgIpc) is 2.98. The molecule has 0 radical (unpaired) electrons. The van der Waals surface area contributed by atoms with Crippen LogP contribution in [0, 0.1) is 19.8 Å². The summed E-state index contributed by atoms with van der Waals surface area (Å²) in [4.78, 5) is 18.7. The number of aryl methyl sites for hydroxylation is 1. The number of aromatic nitrogens is 4. The van der Waals surface area contributed by atoms with Gasteiger partial charge in [-0.15, -0.1) is 12.8 Å². The van der Waals surface area contributed by atoms with Crippen LogP contribution in [0.25, 0.3) is 5.82 Å². The van der Waals surface area contributed by atoms with Gasteiger partial charge in [0, 0.05) is 6.20 Å². The van der Waals surface area contributed by atoms with E-state index in [-0.39, 0.29) is 22.5 Å². The minimum Gasteiger partial charge on any atom is -0.382 e. The number of carbonyl (C=O) groups excluding carboxylic acids is 1. The summed E-state index contributed by atoms with van der Waals surface area (Å²) >= 11 is 5.89. The Labute approximate surface area is 147 Å². The van der Waals surface area contributed by atoms with E-state index in [1.807, 2.05) is 6.92 Å². The van der Waals surface area contributed by atoms with Crippen LogP contribution in [-0.2, 0) is 0 Å². The van der Waals surface area contributed by atoms with Gasteiger partial charge >= 0.3 is 0 Å². The lowest BCUT2D eigenvalue weighted by Crippen LogP contribution is -2.18. The summed E-state index contributed by atoms with van der Waals surface area (Å²) in [6.07, 6.45) is 15.4. The van der Waals surface area contributed by atoms with Crippen molar-refractivity contribution in [3.8, 4) is 18.7 Å². The van der Waals surface area contributed by atoms with Gasteiger partial charge in [-0.05, 0) is 12.5 Å². The number of anilines is 1. The molecule has 0 saturated heterocycles. The molecule has 130 valence electrons. The Hall–Kier alpha value is -2.59. The summed E-state index contributed by atoms with van der Waals surface area (Å²) in [7, 11) is 0. The first kappa shape index (κ1) is 21.4. The molecule has 0 unspecified atom stereocenters. The predicted molar refractivity (Wildman–Crippen MR) is 96.9 cm³/mol. The van der Waals surface area contributed by atoms with Crippen molar-refractivity contribution in [2.45, 2.75) is 40.0 Å². The van der Waals surface area contributed by atoms with Crippen molar-refractivity contribution in [3.63, 3.8) is 0 Å². The molecule has 8 heteroatoms. The second-order valence-electron chi connectivity index (χ2n) is 4.75. The summed E-state index contributed by atoms with van der Waals surface area (Å²) in [5, 5.41) is 4.03. The standard InChI is InChI=1S/C9H9ClN6O.C5H12.C2H2/c1-4-2-13-16(3-4)9-6(10)14-5(8(12)17)7(11)15-9;1-3-5-4-2;1-2/h2-3H,1H3,(H2,11,15)(H2,12,17);3-5H2,1-2H3;1-2H. The molecule has 0 bridgehead atoms. The van der Waals surface area contributed by atoms with E-state index in [1.165, 1.54) is 23.9 Å². The van der Waals surface area contributed by atoms with E-state index in [4.69, 9.17) is 23.1 Å². The SMILES string of the molecule is C#C.CCCCC.Cc1cnn(-c2nc(N)c(C(N)=O)nc2Cl)c1. The lowest BCUT2D eigenvalue weighted by Gasteiger charge is -2.06. The average molecular weight is 351 g/mol. The maximum atomic E-state index is 11.0. The quantitative estimate of drug-likeness (QED) is 0.823. The number of nitrogens with two attached hydrogens (primary N) is 2. The number of nitrogen functional groups attached to an aromatic ring is 1. The lowest BCUT2D eigenvalue weighted by atomic mass is 10.3. The van der Waals surface area contributed by atoms with Crippen molar-refractivity contribution in [1.29, 1.82) is 0 Å². The molecule has 0 aliphatic carbocycles. The number of carbonyl (C=O) groups is 1. The first-order valence-corrected chi connectivity index (χ1v) is 7.76. The van der Waals surface area contributed by atoms with Crippen molar-refractivity contribution < 1.29 is 4.79 Å². The molecule has 4 N–H and O–H groups in total. The molecular weight excluding hydrogens is 328 g/mol. The van der Waals surface area contributed by atoms with Crippen LogP contribution in [0.1, 0.15) is 49.2 Å². The van der Waals surface area contributed by atoms with Crippen LogP contribution in [0.3, 0.4) is 0 Å². The number of hydrogen-bond donors (Lipinski definition) is 2. The fraction of sp³-hybridized carbons (Fsp3) is 0.375. The molecular formula is C16H23ClN6O. The fourth-order valence-electron chi connectivity index (χ4n) is 1.63. The van der Waals surface area contributed by atoms with Gasteiger partial charge in [0.1, 0.15) is 0 Å². The molecule has 0 fully saturated rings. The van der Waals surface area contributed by atoms with Crippen LogP contribution >= 0.6 is 11.6 Å². The summed E-state index contributed by atoms with van der Waals surface area (Å²) in [6.45, 7) is 6.29. The molecule has 0 aliphatic heterocycles. The highest BCUT2D eigenvalue weighted by molar-refractivity contribution is 6.31. The third kappa shape index (κ3) is 6.26. The second kappa shape index (κ2) is 11.0. The van der Waals surface area contributed by atoms with Crippen molar-refractivity contribution >= 4 is 23.3 Å². The van der Waals surface area contributed by atoms with E-state index in [0.717, 1.165) is 5.56 Å². The highest BCUT2D eigenvalue weighted by atomic mass is 35.5. The number of terminal acetylenes is 1. The first-order chi connectivity index (χ1) is 11.4. The van der Waals surface area contributed by atoms with Crippen molar-refractivity contribution in [3.05, 3.63) is 28.8 Å². The van der Waals surface area contributed by atoms with E-state index in [9.17, 15) is 4.79 Å². The van der Waals surface area contributed by atoms with Crippen LogP contribution < -0.4 is 11.5 Å².